The zero-order valence-electron chi connectivity index (χ0n) is 11.8. The fraction of sp³-hybridized carbons (Fsp3) is 0.467. The maximum absolute atomic E-state index is 14.1. The molecule has 0 bridgehead atoms. The third-order valence-corrected chi connectivity index (χ3v) is 3.82. The number of benzene rings is 1. The minimum absolute atomic E-state index is 0.000935. The predicted octanol–water partition coefficient (Wildman–Crippen LogP) is 1.62. The molecule has 1 aliphatic heterocycles. The molecular weight excluding hydrogens is 275 g/mol. The van der Waals surface area contributed by atoms with Crippen LogP contribution >= 0.6 is 0 Å². The van der Waals surface area contributed by atoms with Gasteiger partial charge < -0.3 is 9.84 Å². The summed E-state index contributed by atoms with van der Waals surface area (Å²) in [5, 5.41) is 18.1. The van der Waals surface area contributed by atoms with Gasteiger partial charge in [0, 0.05) is 18.2 Å². The number of nitrogens with zero attached hydrogens (tertiary/aromatic N) is 2. The van der Waals surface area contributed by atoms with E-state index in [1.807, 2.05) is 17.9 Å². The Hall–Kier alpha value is -1.97. The molecule has 1 heterocycles. The van der Waals surface area contributed by atoms with E-state index in [0.717, 1.165) is 0 Å². The lowest BCUT2D eigenvalue weighted by Gasteiger charge is -2.29. The molecule has 1 saturated heterocycles. The summed E-state index contributed by atoms with van der Waals surface area (Å²) in [6.45, 7) is 3.23. The van der Waals surface area contributed by atoms with E-state index >= 15 is 0 Å². The zero-order valence-corrected chi connectivity index (χ0v) is 11.8. The summed E-state index contributed by atoms with van der Waals surface area (Å²) in [5.41, 5.74) is 0.396. The van der Waals surface area contributed by atoms with Crippen molar-refractivity contribution in [1.29, 1.82) is 5.26 Å². The number of aliphatic carboxylic acids is 1. The molecule has 21 heavy (non-hydrogen) atoms. The number of halogens is 1. The highest BCUT2D eigenvalue weighted by Gasteiger charge is 2.37. The second kappa shape index (κ2) is 6.66. The van der Waals surface area contributed by atoms with Gasteiger partial charge in [-0.05, 0) is 12.6 Å². The predicted molar refractivity (Wildman–Crippen MR) is 72.9 cm³/mol. The summed E-state index contributed by atoms with van der Waals surface area (Å²) in [6, 6.07) is 6.20. The summed E-state index contributed by atoms with van der Waals surface area (Å²) in [5.74, 6) is -2.04. The Morgan fingerprint density at radius 1 is 1.57 bits per heavy atom. The van der Waals surface area contributed by atoms with Crippen molar-refractivity contribution in [3.63, 3.8) is 0 Å². The van der Waals surface area contributed by atoms with Crippen molar-refractivity contribution >= 4 is 5.97 Å². The van der Waals surface area contributed by atoms with Crippen LogP contribution in [0.1, 0.15) is 18.1 Å². The van der Waals surface area contributed by atoms with Crippen molar-refractivity contribution < 1.29 is 19.0 Å². The molecule has 2 rings (SSSR count). The van der Waals surface area contributed by atoms with Gasteiger partial charge in [0.05, 0.1) is 24.7 Å². The van der Waals surface area contributed by atoms with E-state index in [4.69, 9.17) is 10.00 Å². The Morgan fingerprint density at radius 2 is 2.33 bits per heavy atom. The van der Waals surface area contributed by atoms with Gasteiger partial charge in [0.15, 0.2) is 0 Å². The summed E-state index contributed by atoms with van der Waals surface area (Å²) in [6.07, 6.45) is 0. The van der Waals surface area contributed by atoms with Gasteiger partial charge in [-0.1, -0.05) is 19.1 Å². The Labute approximate surface area is 122 Å². The molecule has 0 saturated carbocycles. The van der Waals surface area contributed by atoms with E-state index in [-0.39, 0.29) is 24.8 Å². The standard InChI is InChI=1S/C15H17FN2O3/c1-2-18(13-9-21-8-12(13)15(19)20)7-11-5-3-4-10(6-17)14(11)16/h3-5,12-13H,2,7-9H2,1H3,(H,19,20). The Balaban J connectivity index is 2.20. The van der Waals surface area contributed by atoms with Crippen LogP contribution in [0.25, 0.3) is 0 Å². The quantitative estimate of drug-likeness (QED) is 0.892. The van der Waals surface area contributed by atoms with Gasteiger partial charge in [0.1, 0.15) is 11.9 Å². The van der Waals surface area contributed by atoms with E-state index in [1.54, 1.807) is 12.1 Å². The minimum Gasteiger partial charge on any atom is -0.481 e. The van der Waals surface area contributed by atoms with Crippen molar-refractivity contribution in [2.24, 2.45) is 5.92 Å². The molecule has 1 aromatic carbocycles. The molecule has 2 unspecified atom stereocenters. The van der Waals surface area contributed by atoms with Crippen molar-refractivity contribution in [3.8, 4) is 6.07 Å². The van der Waals surface area contributed by atoms with Crippen molar-refractivity contribution in [3.05, 3.63) is 35.1 Å². The second-order valence-corrected chi connectivity index (χ2v) is 5.00. The van der Waals surface area contributed by atoms with Crippen LogP contribution in [0.3, 0.4) is 0 Å². The number of rotatable bonds is 5. The Morgan fingerprint density at radius 3 is 2.95 bits per heavy atom. The third-order valence-electron chi connectivity index (χ3n) is 3.82. The van der Waals surface area contributed by atoms with Crippen LogP contribution in [0.2, 0.25) is 0 Å². The van der Waals surface area contributed by atoms with Gasteiger partial charge in [-0.15, -0.1) is 0 Å². The van der Waals surface area contributed by atoms with E-state index in [1.165, 1.54) is 6.07 Å². The fourth-order valence-corrected chi connectivity index (χ4v) is 2.61. The maximum atomic E-state index is 14.1. The number of hydrogen-bond donors (Lipinski definition) is 1. The molecule has 1 aliphatic rings. The molecule has 1 fully saturated rings. The molecule has 2 atom stereocenters. The molecule has 112 valence electrons. The lowest BCUT2D eigenvalue weighted by atomic mass is 10.0. The lowest BCUT2D eigenvalue weighted by Crippen LogP contribution is -2.42. The maximum Gasteiger partial charge on any atom is 0.310 e. The van der Waals surface area contributed by atoms with Gasteiger partial charge in [-0.25, -0.2) is 4.39 Å². The molecule has 5 nitrogen and oxygen atoms in total. The number of carboxylic acid groups (broad SMARTS) is 1. The highest BCUT2D eigenvalue weighted by atomic mass is 19.1. The topological polar surface area (TPSA) is 73.6 Å². The third kappa shape index (κ3) is 3.20. The summed E-state index contributed by atoms with van der Waals surface area (Å²) in [4.78, 5) is 13.1. The molecule has 0 radical (unpaired) electrons. The highest BCUT2D eigenvalue weighted by molar-refractivity contribution is 5.71. The first-order valence-corrected chi connectivity index (χ1v) is 6.80. The highest BCUT2D eigenvalue weighted by Crippen LogP contribution is 2.23. The first kappa shape index (κ1) is 15.4. The van der Waals surface area contributed by atoms with E-state index < -0.39 is 17.7 Å². The first-order chi connectivity index (χ1) is 10.1. The van der Waals surface area contributed by atoms with Crippen LogP contribution in [0.15, 0.2) is 18.2 Å². The second-order valence-electron chi connectivity index (χ2n) is 5.00. The molecule has 1 aromatic rings. The smallest absolute Gasteiger partial charge is 0.310 e. The Bertz CT molecular complexity index is 571. The van der Waals surface area contributed by atoms with E-state index in [0.29, 0.717) is 18.7 Å². The molecule has 0 aliphatic carbocycles. The minimum atomic E-state index is -0.901. The SMILES string of the molecule is CCN(Cc1cccc(C#N)c1F)C1COCC1C(=O)O. The van der Waals surface area contributed by atoms with Crippen LogP contribution in [-0.2, 0) is 16.1 Å². The largest absolute Gasteiger partial charge is 0.481 e. The first-order valence-electron chi connectivity index (χ1n) is 6.80. The van der Waals surface area contributed by atoms with E-state index in [2.05, 4.69) is 0 Å². The van der Waals surface area contributed by atoms with Gasteiger partial charge >= 0.3 is 5.97 Å². The van der Waals surface area contributed by atoms with Crippen molar-refractivity contribution in [1.82, 2.24) is 4.90 Å². The Kier molecular flexibility index (Phi) is 4.89. The molecule has 0 amide bonds. The molecule has 0 aromatic heterocycles. The van der Waals surface area contributed by atoms with Crippen LogP contribution in [0, 0.1) is 23.1 Å². The van der Waals surface area contributed by atoms with Gasteiger partial charge in [0.25, 0.3) is 0 Å². The van der Waals surface area contributed by atoms with Crippen LogP contribution in [0.4, 0.5) is 4.39 Å². The summed E-state index contributed by atoms with van der Waals surface area (Å²) < 4.78 is 19.4. The van der Waals surface area contributed by atoms with E-state index in [9.17, 15) is 14.3 Å². The number of nitriles is 1. The molecule has 0 spiro atoms. The number of ether oxygens (including phenoxy) is 1. The van der Waals surface area contributed by atoms with Crippen LogP contribution in [-0.4, -0.2) is 41.8 Å². The number of hydrogen-bond acceptors (Lipinski definition) is 4. The van der Waals surface area contributed by atoms with Gasteiger partial charge in [-0.3, -0.25) is 9.69 Å². The zero-order chi connectivity index (χ0) is 15.4. The fourth-order valence-electron chi connectivity index (χ4n) is 2.61. The lowest BCUT2D eigenvalue weighted by molar-refractivity contribution is -0.143. The van der Waals surface area contributed by atoms with Crippen LogP contribution in [0.5, 0.6) is 0 Å². The average molecular weight is 292 g/mol. The monoisotopic (exact) mass is 292 g/mol. The van der Waals surface area contributed by atoms with Crippen molar-refractivity contribution in [2.45, 2.75) is 19.5 Å². The van der Waals surface area contributed by atoms with Crippen LogP contribution < -0.4 is 0 Å². The average Bonchev–Trinajstić information content (AvgIpc) is 2.95. The molecular formula is C15H17FN2O3. The summed E-state index contributed by atoms with van der Waals surface area (Å²) >= 11 is 0. The molecule has 1 N–H and O–H groups in total. The number of carbonyl (C=O) groups is 1. The number of likely N-dealkylation sites (N-methyl/N-ethyl adjacent to an activating group) is 1. The van der Waals surface area contributed by atoms with Crippen molar-refractivity contribution in [2.75, 3.05) is 19.8 Å². The number of carboxylic acids is 1. The molecule has 6 heteroatoms. The van der Waals surface area contributed by atoms with Gasteiger partial charge in [0.2, 0.25) is 0 Å². The summed E-state index contributed by atoms with van der Waals surface area (Å²) in [7, 11) is 0. The normalized spacial score (nSPS) is 21.4. The van der Waals surface area contributed by atoms with Gasteiger partial charge in [-0.2, -0.15) is 5.26 Å².